The van der Waals surface area contributed by atoms with Crippen molar-refractivity contribution in [3.8, 4) is 17.6 Å². The predicted octanol–water partition coefficient (Wildman–Crippen LogP) is 4.01. The number of fused-ring (bicyclic) bond motifs is 1. The number of nitrogens with one attached hydrogen (secondary N) is 1. The minimum Gasteiger partial charge on any atom is -0.508 e. The predicted molar refractivity (Wildman–Crippen MR) is 137 cm³/mol. The maximum atomic E-state index is 14.2. The fourth-order valence-electron chi connectivity index (χ4n) is 4.21. The lowest BCUT2D eigenvalue weighted by molar-refractivity contribution is -0.120. The van der Waals surface area contributed by atoms with Gasteiger partial charge in [-0.1, -0.05) is 17.9 Å². The van der Waals surface area contributed by atoms with Gasteiger partial charge in [0, 0.05) is 46.6 Å². The topological polar surface area (TPSA) is 121 Å². The first-order valence-corrected chi connectivity index (χ1v) is 12.1. The Morgan fingerprint density at radius 3 is 2.78 bits per heavy atom. The number of halogens is 1. The van der Waals surface area contributed by atoms with Gasteiger partial charge in [-0.2, -0.15) is 0 Å². The summed E-state index contributed by atoms with van der Waals surface area (Å²) in [6.45, 7) is 1.88. The van der Waals surface area contributed by atoms with Crippen LogP contribution in [0.15, 0.2) is 60.2 Å². The highest BCUT2D eigenvalue weighted by molar-refractivity contribution is 7.13. The molecule has 1 aliphatic rings. The van der Waals surface area contributed by atoms with Gasteiger partial charge in [0.25, 0.3) is 11.8 Å². The van der Waals surface area contributed by atoms with Crippen LogP contribution in [0.5, 0.6) is 5.75 Å². The first-order valence-electron chi connectivity index (χ1n) is 11.2. The zero-order valence-electron chi connectivity index (χ0n) is 19.5. The molecule has 10 heteroatoms. The summed E-state index contributed by atoms with van der Waals surface area (Å²) in [4.78, 5) is 36.5. The minimum absolute atomic E-state index is 0.0243. The number of nitrogen functional groups attached to an aromatic ring is 1. The van der Waals surface area contributed by atoms with E-state index in [0.717, 1.165) is 18.2 Å². The van der Waals surface area contributed by atoms with Crippen LogP contribution in [-0.4, -0.2) is 31.8 Å². The van der Waals surface area contributed by atoms with Crippen LogP contribution >= 0.6 is 11.3 Å². The summed E-state index contributed by atoms with van der Waals surface area (Å²) in [7, 11) is 0. The molecular formula is C27H20FN5O3S. The Morgan fingerprint density at radius 2 is 2.05 bits per heavy atom. The number of carbonyl (C=O) groups is 2. The molecule has 0 spiro atoms. The molecule has 0 saturated heterocycles. The van der Waals surface area contributed by atoms with Gasteiger partial charge < -0.3 is 15.7 Å². The smallest absolute Gasteiger partial charge is 0.255 e. The van der Waals surface area contributed by atoms with Crippen LogP contribution in [0, 0.1) is 24.6 Å². The van der Waals surface area contributed by atoms with Crippen molar-refractivity contribution < 1.29 is 19.1 Å². The van der Waals surface area contributed by atoms with Crippen LogP contribution in [0.1, 0.15) is 44.2 Å². The SMILES string of the molecule is Cc1c(C#Cc2ccc(N)nc2)ccc2c1C(=O)N([C@@H](C(=O)Nc1nccs1)c1cc(F)ccc1O)C2. The van der Waals surface area contributed by atoms with Crippen LogP contribution < -0.4 is 11.1 Å². The summed E-state index contributed by atoms with van der Waals surface area (Å²) in [5.41, 5.74) is 8.68. The lowest BCUT2D eigenvalue weighted by atomic mass is 9.98. The molecule has 8 nitrogen and oxygen atoms in total. The van der Waals surface area contributed by atoms with Gasteiger partial charge in [-0.15, -0.1) is 11.3 Å². The number of pyridine rings is 1. The number of hydrogen-bond acceptors (Lipinski definition) is 7. The third kappa shape index (κ3) is 4.72. The second-order valence-corrected chi connectivity index (χ2v) is 9.25. The number of amides is 2. The maximum absolute atomic E-state index is 14.2. The zero-order valence-corrected chi connectivity index (χ0v) is 20.3. The van der Waals surface area contributed by atoms with Crippen molar-refractivity contribution in [3.63, 3.8) is 0 Å². The van der Waals surface area contributed by atoms with Crippen LogP contribution in [0.4, 0.5) is 15.3 Å². The van der Waals surface area contributed by atoms with Crippen LogP contribution in [0.3, 0.4) is 0 Å². The molecule has 4 aromatic rings. The molecule has 37 heavy (non-hydrogen) atoms. The van der Waals surface area contributed by atoms with Gasteiger partial charge in [-0.25, -0.2) is 14.4 Å². The molecule has 0 radical (unpaired) electrons. The van der Waals surface area contributed by atoms with E-state index in [1.807, 2.05) is 6.07 Å². The molecule has 0 saturated carbocycles. The van der Waals surface area contributed by atoms with Crippen molar-refractivity contribution in [1.29, 1.82) is 0 Å². The lowest BCUT2D eigenvalue weighted by Crippen LogP contribution is -2.37. The quantitative estimate of drug-likeness (QED) is 0.355. The summed E-state index contributed by atoms with van der Waals surface area (Å²) in [5, 5.41) is 15.2. The van der Waals surface area contributed by atoms with Crippen molar-refractivity contribution in [3.05, 3.63) is 99.4 Å². The summed E-state index contributed by atoms with van der Waals surface area (Å²) in [6, 6.07) is 9.01. The number of carbonyl (C=O) groups excluding carboxylic acids is 2. The van der Waals surface area contributed by atoms with Crippen molar-refractivity contribution in [2.24, 2.45) is 0 Å². The number of thiazole rings is 1. The third-order valence-electron chi connectivity index (χ3n) is 6.00. The highest BCUT2D eigenvalue weighted by Gasteiger charge is 2.40. The summed E-state index contributed by atoms with van der Waals surface area (Å²) >= 11 is 1.20. The third-order valence-corrected chi connectivity index (χ3v) is 6.69. The van der Waals surface area contributed by atoms with E-state index in [2.05, 4.69) is 27.1 Å². The molecule has 2 aromatic heterocycles. The number of phenols is 1. The van der Waals surface area contributed by atoms with Crippen LogP contribution in [0.25, 0.3) is 0 Å². The van der Waals surface area contributed by atoms with E-state index in [0.29, 0.717) is 38.8 Å². The molecule has 4 N–H and O–H groups in total. The number of anilines is 2. The van der Waals surface area contributed by atoms with Crippen molar-refractivity contribution in [2.45, 2.75) is 19.5 Å². The number of rotatable bonds is 4. The monoisotopic (exact) mass is 513 g/mol. The van der Waals surface area contributed by atoms with Gasteiger partial charge >= 0.3 is 0 Å². The number of nitrogens with zero attached hydrogens (tertiary/aromatic N) is 3. The number of aromatic nitrogens is 2. The van der Waals surface area contributed by atoms with Crippen molar-refractivity contribution >= 4 is 34.1 Å². The van der Waals surface area contributed by atoms with Gasteiger partial charge in [-0.05, 0) is 54.4 Å². The molecule has 0 fully saturated rings. The molecule has 1 aliphatic heterocycles. The van der Waals surface area contributed by atoms with Crippen molar-refractivity contribution in [2.75, 3.05) is 11.1 Å². The minimum atomic E-state index is -1.30. The fraction of sp³-hybridized carbons (Fsp3) is 0.111. The standard InChI is InChI=1S/C27H20FN5O3S/c1-15-17(4-2-16-3-9-22(29)31-13-16)5-6-18-14-33(26(36)23(15)18)24(20-12-19(28)7-8-21(20)34)25(35)32-27-30-10-11-37-27/h3,5-13,24,34H,14H2,1H3,(H2,29,31)(H,30,32,35)/t24-/m1/s1. The molecule has 0 bridgehead atoms. The van der Waals surface area contributed by atoms with Crippen molar-refractivity contribution in [1.82, 2.24) is 14.9 Å². The zero-order chi connectivity index (χ0) is 26.1. The van der Waals surface area contributed by atoms with E-state index >= 15 is 0 Å². The molecule has 2 amide bonds. The van der Waals surface area contributed by atoms with E-state index in [-0.39, 0.29) is 17.9 Å². The van der Waals surface area contributed by atoms with Gasteiger partial charge in [-0.3, -0.25) is 14.9 Å². The number of hydrogen-bond donors (Lipinski definition) is 3. The van der Waals surface area contributed by atoms with E-state index in [4.69, 9.17) is 5.73 Å². The Kier molecular flexibility index (Phi) is 6.29. The Balaban J connectivity index is 1.51. The van der Waals surface area contributed by atoms with Gasteiger partial charge in [0.2, 0.25) is 0 Å². The van der Waals surface area contributed by atoms with Crippen LogP contribution in [0.2, 0.25) is 0 Å². The number of aromatic hydroxyl groups is 1. The highest BCUT2D eigenvalue weighted by Crippen LogP contribution is 2.38. The summed E-state index contributed by atoms with van der Waals surface area (Å²) < 4.78 is 14.2. The molecule has 0 aliphatic carbocycles. The summed E-state index contributed by atoms with van der Waals surface area (Å²) in [5.74, 6) is 4.48. The average Bonchev–Trinajstić information content (AvgIpc) is 3.50. The Hall–Kier alpha value is -4.75. The van der Waals surface area contributed by atoms with Crippen LogP contribution in [-0.2, 0) is 11.3 Å². The maximum Gasteiger partial charge on any atom is 0.255 e. The lowest BCUT2D eigenvalue weighted by Gasteiger charge is -2.27. The molecular weight excluding hydrogens is 493 g/mol. The molecule has 3 heterocycles. The molecule has 184 valence electrons. The fourth-order valence-corrected chi connectivity index (χ4v) is 4.74. The van der Waals surface area contributed by atoms with Gasteiger partial charge in [0.15, 0.2) is 5.13 Å². The Morgan fingerprint density at radius 1 is 1.22 bits per heavy atom. The number of nitrogens with two attached hydrogens (primary N) is 1. The number of benzene rings is 2. The van der Waals surface area contributed by atoms with E-state index in [1.54, 1.807) is 36.7 Å². The first kappa shape index (κ1) is 24.0. The average molecular weight is 514 g/mol. The molecule has 0 unspecified atom stereocenters. The highest BCUT2D eigenvalue weighted by atomic mass is 32.1. The Labute approximate surface area is 215 Å². The van der Waals surface area contributed by atoms with E-state index in [9.17, 15) is 19.1 Å². The van der Waals surface area contributed by atoms with Gasteiger partial charge in [0.1, 0.15) is 23.4 Å². The molecule has 2 aromatic carbocycles. The normalized spacial score (nSPS) is 13.0. The van der Waals surface area contributed by atoms with Gasteiger partial charge in [0.05, 0.1) is 0 Å². The largest absolute Gasteiger partial charge is 0.508 e. The van der Waals surface area contributed by atoms with E-state index < -0.39 is 23.7 Å². The second-order valence-electron chi connectivity index (χ2n) is 8.36. The molecule has 1 atom stereocenters. The summed E-state index contributed by atoms with van der Waals surface area (Å²) in [6.07, 6.45) is 3.09. The van der Waals surface area contributed by atoms with E-state index in [1.165, 1.54) is 22.4 Å². The first-order chi connectivity index (χ1) is 17.8. The Bertz CT molecular complexity index is 1580. The molecule has 5 rings (SSSR count). The number of phenolic OH excluding ortho intramolecular Hbond substituents is 1. The second kappa shape index (κ2) is 9.72.